The van der Waals surface area contributed by atoms with Crippen LogP contribution in [0.2, 0.25) is 19.6 Å². The molecule has 112 valence electrons. The van der Waals surface area contributed by atoms with Crippen molar-refractivity contribution in [3.63, 3.8) is 0 Å². The van der Waals surface area contributed by atoms with E-state index in [-0.39, 0.29) is 0 Å². The van der Waals surface area contributed by atoms with E-state index in [0.29, 0.717) is 0 Å². The molecule has 4 nitrogen and oxygen atoms in total. The van der Waals surface area contributed by atoms with Crippen molar-refractivity contribution >= 4 is 8.32 Å². The molecular weight excluding hydrogens is 270 g/mol. The molecule has 0 spiro atoms. The molecule has 5 heteroatoms. The molecule has 0 aromatic carbocycles. The van der Waals surface area contributed by atoms with Gasteiger partial charge in [-0.3, -0.25) is 4.98 Å². The Hall–Kier alpha value is -0.753. The monoisotopic (exact) mass is 295 g/mol. The average molecular weight is 295 g/mol. The van der Waals surface area contributed by atoms with Crippen molar-refractivity contribution in [1.29, 1.82) is 0 Å². The minimum absolute atomic E-state index is 0.520. The summed E-state index contributed by atoms with van der Waals surface area (Å²) in [7, 11) is -0.141. The highest BCUT2D eigenvalue weighted by Gasteiger charge is 2.74. The van der Waals surface area contributed by atoms with Crippen molar-refractivity contribution in [2.24, 2.45) is 0 Å². The second kappa shape index (κ2) is 4.63. The minimum atomic E-state index is -1.83. The zero-order chi connectivity index (χ0) is 15.2. The van der Waals surface area contributed by atoms with E-state index in [0.717, 1.165) is 5.69 Å². The molecule has 1 aliphatic rings. The van der Waals surface area contributed by atoms with Gasteiger partial charge < -0.3 is 13.9 Å². The Morgan fingerprint density at radius 1 is 1.15 bits per heavy atom. The van der Waals surface area contributed by atoms with Crippen LogP contribution in [0.25, 0.3) is 0 Å². The molecule has 2 unspecified atom stereocenters. The summed E-state index contributed by atoms with van der Waals surface area (Å²) in [6.45, 7) is 12.5. The molecule has 0 N–H and O–H groups in total. The molecule has 20 heavy (non-hydrogen) atoms. The predicted octanol–water partition coefficient (Wildman–Crippen LogP) is 3.30. The first-order valence-electron chi connectivity index (χ1n) is 6.95. The molecule has 1 aromatic rings. The number of rotatable bonds is 4. The fourth-order valence-electron chi connectivity index (χ4n) is 3.17. The summed E-state index contributed by atoms with van der Waals surface area (Å²) in [4.78, 5) is 4.44. The third-order valence-corrected chi connectivity index (χ3v) is 4.67. The SMILES string of the molecule is COC1(O[Si](C)(C)C)C(C)(C)OC1(C)c1ccccn1. The van der Waals surface area contributed by atoms with Gasteiger partial charge in [-0.05, 0) is 52.5 Å². The fraction of sp³-hybridized carbons (Fsp3) is 0.667. The van der Waals surface area contributed by atoms with E-state index in [1.807, 2.05) is 39.0 Å². The van der Waals surface area contributed by atoms with Crippen LogP contribution in [0.3, 0.4) is 0 Å². The largest absolute Gasteiger partial charge is 0.386 e. The molecule has 0 amide bonds. The summed E-state index contributed by atoms with van der Waals surface area (Å²) in [5.74, 6) is -0.821. The van der Waals surface area contributed by atoms with E-state index in [1.54, 1.807) is 13.3 Å². The molecule has 1 saturated heterocycles. The third-order valence-electron chi connectivity index (χ3n) is 3.77. The summed E-state index contributed by atoms with van der Waals surface area (Å²) < 4.78 is 18.5. The van der Waals surface area contributed by atoms with Gasteiger partial charge in [0.1, 0.15) is 5.60 Å². The Morgan fingerprint density at radius 3 is 2.20 bits per heavy atom. The number of methoxy groups -OCH3 is 1. The van der Waals surface area contributed by atoms with Gasteiger partial charge >= 0.3 is 0 Å². The average Bonchev–Trinajstić information content (AvgIpc) is 2.35. The molecule has 0 bridgehead atoms. The summed E-state index contributed by atoms with van der Waals surface area (Å²) in [5.41, 5.74) is -0.388. The Bertz CT molecular complexity index is 486. The maximum absolute atomic E-state index is 6.45. The number of nitrogens with zero attached hydrogens (tertiary/aromatic N) is 1. The number of ether oxygens (including phenoxy) is 2. The van der Waals surface area contributed by atoms with E-state index >= 15 is 0 Å². The first-order valence-corrected chi connectivity index (χ1v) is 10.4. The van der Waals surface area contributed by atoms with Crippen molar-refractivity contribution < 1.29 is 13.9 Å². The van der Waals surface area contributed by atoms with E-state index in [4.69, 9.17) is 13.9 Å². The smallest absolute Gasteiger partial charge is 0.223 e. The van der Waals surface area contributed by atoms with Crippen LogP contribution in [-0.2, 0) is 19.5 Å². The number of hydrogen-bond donors (Lipinski definition) is 0. The topological polar surface area (TPSA) is 40.6 Å². The maximum Gasteiger partial charge on any atom is 0.223 e. The van der Waals surface area contributed by atoms with E-state index in [2.05, 4.69) is 24.6 Å². The highest BCUT2D eigenvalue weighted by molar-refractivity contribution is 6.69. The van der Waals surface area contributed by atoms with E-state index in [9.17, 15) is 0 Å². The quantitative estimate of drug-likeness (QED) is 0.631. The van der Waals surface area contributed by atoms with Crippen LogP contribution in [0.15, 0.2) is 24.4 Å². The lowest BCUT2D eigenvalue weighted by molar-refractivity contribution is -0.472. The van der Waals surface area contributed by atoms with Gasteiger partial charge in [0.15, 0.2) is 13.9 Å². The number of pyridine rings is 1. The van der Waals surface area contributed by atoms with Crippen LogP contribution >= 0.6 is 0 Å². The molecule has 0 radical (unpaired) electrons. The Morgan fingerprint density at radius 2 is 1.80 bits per heavy atom. The Balaban J connectivity index is 2.49. The highest BCUT2D eigenvalue weighted by Crippen LogP contribution is 2.59. The van der Waals surface area contributed by atoms with Gasteiger partial charge in [-0.15, -0.1) is 0 Å². The lowest BCUT2D eigenvalue weighted by atomic mass is 9.73. The van der Waals surface area contributed by atoms with E-state index in [1.165, 1.54) is 0 Å². The fourth-order valence-corrected chi connectivity index (χ4v) is 4.56. The Labute approximate surface area is 122 Å². The predicted molar refractivity (Wildman–Crippen MR) is 80.9 cm³/mol. The van der Waals surface area contributed by atoms with Crippen molar-refractivity contribution in [2.75, 3.05) is 7.11 Å². The van der Waals surface area contributed by atoms with Crippen LogP contribution in [0.1, 0.15) is 26.5 Å². The van der Waals surface area contributed by atoms with Gasteiger partial charge in [-0.2, -0.15) is 0 Å². The standard InChI is InChI=1S/C15H25NO3Si/c1-13(2)15(17-4,19-20(5,6)7)14(3,18-13)12-10-8-9-11-16-12/h8-11H,1-7H3. The first-order chi connectivity index (χ1) is 9.08. The molecule has 1 aromatic heterocycles. The molecule has 2 rings (SSSR count). The Kier molecular flexibility index (Phi) is 3.62. The van der Waals surface area contributed by atoms with Crippen LogP contribution in [-0.4, -0.2) is 31.8 Å². The zero-order valence-electron chi connectivity index (χ0n) is 13.5. The highest BCUT2D eigenvalue weighted by atomic mass is 28.4. The number of hydrogen-bond acceptors (Lipinski definition) is 4. The zero-order valence-corrected chi connectivity index (χ0v) is 14.5. The minimum Gasteiger partial charge on any atom is -0.386 e. The molecule has 0 saturated carbocycles. The van der Waals surface area contributed by atoms with Crippen LogP contribution in [0, 0.1) is 0 Å². The van der Waals surface area contributed by atoms with Gasteiger partial charge in [0.2, 0.25) is 5.79 Å². The maximum atomic E-state index is 6.45. The van der Waals surface area contributed by atoms with Crippen molar-refractivity contribution in [3.05, 3.63) is 30.1 Å². The lowest BCUT2D eigenvalue weighted by Crippen LogP contribution is -2.80. The summed E-state index contributed by atoms with van der Waals surface area (Å²) in [6.07, 6.45) is 1.77. The van der Waals surface area contributed by atoms with Gasteiger partial charge in [0.25, 0.3) is 0 Å². The molecule has 1 fully saturated rings. The second-order valence-electron chi connectivity index (χ2n) is 6.90. The second-order valence-corrected chi connectivity index (χ2v) is 11.3. The summed E-state index contributed by atoms with van der Waals surface area (Å²) >= 11 is 0. The number of aromatic nitrogens is 1. The van der Waals surface area contributed by atoms with Crippen molar-refractivity contribution in [1.82, 2.24) is 4.98 Å². The van der Waals surface area contributed by atoms with Crippen LogP contribution in [0.4, 0.5) is 0 Å². The van der Waals surface area contributed by atoms with Gasteiger partial charge in [0, 0.05) is 13.3 Å². The van der Waals surface area contributed by atoms with Crippen LogP contribution in [0.5, 0.6) is 0 Å². The molecular formula is C15H25NO3Si. The lowest BCUT2D eigenvalue weighted by Gasteiger charge is -2.66. The molecule has 1 aliphatic heterocycles. The summed E-state index contributed by atoms with van der Waals surface area (Å²) in [5, 5.41) is 0. The molecule has 0 aliphatic carbocycles. The van der Waals surface area contributed by atoms with E-state index < -0.39 is 25.3 Å². The third kappa shape index (κ3) is 2.13. The first kappa shape index (κ1) is 15.6. The van der Waals surface area contributed by atoms with Gasteiger partial charge in [0.05, 0.1) is 5.69 Å². The normalized spacial score (nSPS) is 32.8. The van der Waals surface area contributed by atoms with Gasteiger partial charge in [-0.25, -0.2) is 0 Å². The van der Waals surface area contributed by atoms with Crippen molar-refractivity contribution in [2.45, 2.75) is 57.4 Å². The van der Waals surface area contributed by atoms with Gasteiger partial charge in [-0.1, -0.05) is 6.07 Å². The van der Waals surface area contributed by atoms with Crippen molar-refractivity contribution in [3.8, 4) is 0 Å². The summed E-state index contributed by atoms with van der Waals surface area (Å²) in [6, 6.07) is 5.80. The van der Waals surface area contributed by atoms with Crippen LogP contribution < -0.4 is 0 Å². The molecule has 2 heterocycles. The molecule has 2 atom stereocenters.